The van der Waals surface area contributed by atoms with Crippen LogP contribution in [0.5, 0.6) is 5.75 Å². The lowest BCUT2D eigenvalue weighted by atomic mass is 10.1. The van der Waals surface area contributed by atoms with Crippen molar-refractivity contribution in [3.63, 3.8) is 0 Å². The number of pyridine rings is 1. The number of hydrogen-bond donors (Lipinski definition) is 3. The van der Waals surface area contributed by atoms with Gasteiger partial charge in [-0.1, -0.05) is 12.1 Å². The first-order valence-corrected chi connectivity index (χ1v) is 6.01. The number of methoxy groups -OCH3 is 1. The van der Waals surface area contributed by atoms with Gasteiger partial charge in [-0.15, -0.1) is 0 Å². The van der Waals surface area contributed by atoms with Gasteiger partial charge in [0.25, 0.3) is 5.91 Å². The largest absolute Gasteiger partial charge is 0.495 e. The van der Waals surface area contributed by atoms with Gasteiger partial charge < -0.3 is 15.5 Å². The molecule has 1 aromatic carbocycles. The summed E-state index contributed by atoms with van der Waals surface area (Å²) in [4.78, 5) is 16.2. The van der Waals surface area contributed by atoms with E-state index in [1.165, 1.54) is 13.2 Å². The SMILES string of the molecule is COc1cccc(C#N)c1NC(=O)c1cccc(NN)n1. The summed E-state index contributed by atoms with van der Waals surface area (Å²) in [5.41, 5.74) is 3.14. The Hall–Kier alpha value is -3.11. The summed E-state index contributed by atoms with van der Waals surface area (Å²) < 4.78 is 5.15. The normalized spacial score (nSPS) is 9.57. The van der Waals surface area contributed by atoms with Crippen molar-refractivity contribution in [2.24, 2.45) is 5.84 Å². The maximum atomic E-state index is 12.2. The summed E-state index contributed by atoms with van der Waals surface area (Å²) in [5.74, 6) is 5.55. The van der Waals surface area contributed by atoms with Gasteiger partial charge in [-0.25, -0.2) is 10.8 Å². The molecule has 4 N–H and O–H groups in total. The smallest absolute Gasteiger partial charge is 0.274 e. The van der Waals surface area contributed by atoms with Crippen molar-refractivity contribution in [3.05, 3.63) is 47.7 Å². The van der Waals surface area contributed by atoms with Crippen LogP contribution in [-0.4, -0.2) is 18.0 Å². The molecule has 7 heteroatoms. The van der Waals surface area contributed by atoms with Gasteiger partial charge >= 0.3 is 0 Å². The molecule has 7 nitrogen and oxygen atoms in total. The standard InChI is InChI=1S/C14H13N5O2/c1-21-11-6-2-4-9(8-15)13(11)18-14(20)10-5-3-7-12(17-10)19-16/h2-7H,16H2,1H3,(H,17,19)(H,18,20). The second kappa shape index (κ2) is 6.36. The Balaban J connectivity index is 2.33. The van der Waals surface area contributed by atoms with Crippen LogP contribution in [0.2, 0.25) is 0 Å². The van der Waals surface area contributed by atoms with E-state index >= 15 is 0 Å². The van der Waals surface area contributed by atoms with Gasteiger partial charge in [0.1, 0.15) is 29.0 Å². The minimum atomic E-state index is -0.465. The predicted molar refractivity (Wildman–Crippen MR) is 77.7 cm³/mol. The number of nitrogens with zero attached hydrogens (tertiary/aromatic N) is 2. The van der Waals surface area contributed by atoms with Gasteiger partial charge in [0.2, 0.25) is 0 Å². The number of nitrogens with two attached hydrogens (primary N) is 1. The summed E-state index contributed by atoms with van der Waals surface area (Å²) in [7, 11) is 1.46. The Morgan fingerprint density at radius 3 is 2.76 bits per heavy atom. The maximum absolute atomic E-state index is 12.2. The minimum absolute atomic E-state index is 0.167. The highest BCUT2D eigenvalue weighted by Gasteiger charge is 2.14. The summed E-state index contributed by atoms with van der Waals surface area (Å²) >= 11 is 0. The fourth-order valence-electron chi connectivity index (χ4n) is 1.74. The first-order valence-electron chi connectivity index (χ1n) is 6.01. The van der Waals surface area contributed by atoms with Crippen molar-refractivity contribution in [1.82, 2.24) is 4.98 Å². The number of nitriles is 1. The Morgan fingerprint density at radius 2 is 2.10 bits per heavy atom. The van der Waals surface area contributed by atoms with E-state index < -0.39 is 5.91 Å². The summed E-state index contributed by atoms with van der Waals surface area (Å²) in [6.07, 6.45) is 0. The van der Waals surface area contributed by atoms with Crippen LogP contribution in [0, 0.1) is 11.3 Å². The molecule has 0 spiro atoms. The lowest BCUT2D eigenvalue weighted by Crippen LogP contribution is -2.17. The van der Waals surface area contributed by atoms with Crippen molar-refractivity contribution in [1.29, 1.82) is 5.26 Å². The average Bonchev–Trinajstić information content (AvgIpc) is 2.54. The summed E-state index contributed by atoms with van der Waals surface area (Å²) in [6, 6.07) is 11.7. The Morgan fingerprint density at radius 1 is 1.33 bits per heavy atom. The molecule has 0 aliphatic rings. The highest BCUT2D eigenvalue weighted by Crippen LogP contribution is 2.28. The number of hydrogen-bond acceptors (Lipinski definition) is 6. The van der Waals surface area contributed by atoms with E-state index in [-0.39, 0.29) is 5.69 Å². The Bertz CT molecular complexity index is 709. The molecular weight excluding hydrogens is 270 g/mol. The van der Waals surface area contributed by atoms with E-state index in [9.17, 15) is 4.79 Å². The van der Waals surface area contributed by atoms with Crippen LogP contribution < -0.4 is 21.3 Å². The van der Waals surface area contributed by atoms with Crippen LogP contribution >= 0.6 is 0 Å². The lowest BCUT2D eigenvalue weighted by molar-refractivity contribution is 0.102. The number of rotatable bonds is 4. The van der Waals surface area contributed by atoms with Gasteiger partial charge in [0.15, 0.2) is 0 Å². The summed E-state index contributed by atoms with van der Waals surface area (Å²) in [6.45, 7) is 0. The van der Waals surface area contributed by atoms with Crippen molar-refractivity contribution in [3.8, 4) is 11.8 Å². The monoisotopic (exact) mass is 283 g/mol. The van der Waals surface area contributed by atoms with Crippen LogP contribution in [0.25, 0.3) is 0 Å². The third-order valence-corrected chi connectivity index (χ3v) is 2.73. The fourth-order valence-corrected chi connectivity index (χ4v) is 1.74. The molecule has 1 heterocycles. The topological polar surface area (TPSA) is 113 Å². The number of hydrazine groups is 1. The number of carbonyl (C=O) groups is 1. The third-order valence-electron chi connectivity index (χ3n) is 2.73. The number of anilines is 2. The van der Waals surface area contributed by atoms with Gasteiger partial charge in [-0.2, -0.15) is 5.26 Å². The maximum Gasteiger partial charge on any atom is 0.274 e. The number of aromatic nitrogens is 1. The van der Waals surface area contributed by atoms with Crippen molar-refractivity contribution >= 4 is 17.4 Å². The molecule has 1 amide bonds. The van der Waals surface area contributed by atoms with E-state index in [2.05, 4.69) is 15.7 Å². The molecule has 0 saturated carbocycles. The molecule has 1 aromatic heterocycles. The average molecular weight is 283 g/mol. The van der Waals surface area contributed by atoms with Crippen molar-refractivity contribution in [2.45, 2.75) is 0 Å². The van der Waals surface area contributed by atoms with Gasteiger partial charge in [-0.3, -0.25) is 4.79 Å². The van der Waals surface area contributed by atoms with Crippen LogP contribution in [-0.2, 0) is 0 Å². The molecule has 21 heavy (non-hydrogen) atoms. The molecule has 0 aliphatic carbocycles. The van der Waals surface area contributed by atoms with E-state index in [0.717, 1.165) is 0 Å². The molecule has 0 bridgehead atoms. The highest BCUT2D eigenvalue weighted by atomic mass is 16.5. The first kappa shape index (κ1) is 14.3. The van der Waals surface area contributed by atoms with Gasteiger partial charge in [0.05, 0.1) is 12.7 Å². The van der Waals surface area contributed by atoms with Crippen LogP contribution in [0.15, 0.2) is 36.4 Å². The molecule has 2 rings (SSSR count). The van der Waals surface area contributed by atoms with E-state index in [1.54, 1.807) is 30.3 Å². The van der Waals surface area contributed by atoms with Gasteiger partial charge in [0, 0.05) is 0 Å². The zero-order chi connectivity index (χ0) is 15.2. The molecule has 0 unspecified atom stereocenters. The third kappa shape index (κ3) is 3.08. The van der Waals surface area contributed by atoms with E-state index in [0.29, 0.717) is 22.8 Å². The minimum Gasteiger partial charge on any atom is -0.495 e. The van der Waals surface area contributed by atoms with E-state index in [4.69, 9.17) is 15.8 Å². The second-order valence-electron chi connectivity index (χ2n) is 4.00. The van der Waals surface area contributed by atoms with Crippen LogP contribution in [0.3, 0.4) is 0 Å². The molecule has 0 radical (unpaired) electrons. The molecule has 0 atom stereocenters. The van der Waals surface area contributed by atoms with E-state index in [1.807, 2.05) is 6.07 Å². The quantitative estimate of drug-likeness (QED) is 0.579. The molecule has 0 fully saturated rings. The Kier molecular flexibility index (Phi) is 4.33. The highest BCUT2D eigenvalue weighted by molar-refractivity contribution is 6.04. The van der Waals surface area contributed by atoms with Crippen molar-refractivity contribution in [2.75, 3.05) is 17.9 Å². The fraction of sp³-hybridized carbons (Fsp3) is 0.0714. The molecule has 0 aliphatic heterocycles. The Labute approximate surface area is 121 Å². The first-order chi connectivity index (χ1) is 10.2. The number of para-hydroxylation sites is 1. The molecular formula is C14H13N5O2. The number of nitrogen functional groups attached to an aromatic ring is 1. The zero-order valence-corrected chi connectivity index (χ0v) is 11.3. The molecule has 106 valence electrons. The zero-order valence-electron chi connectivity index (χ0n) is 11.3. The number of nitrogens with one attached hydrogen (secondary N) is 2. The van der Waals surface area contributed by atoms with Crippen LogP contribution in [0.4, 0.5) is 11.5 Å². The predicted octanol–water partition coefficient (Wildman–Crippen LogP) is 1.50. The lowest BCUT2D eigenvalue weighted by Gasteiger charge is -2.11. The molecule has 0 saturated heterocycles. The number of ether oxygens (including phenoxy) is 1. The second-order valence-corrected chi connectivity index (χ2v) is 4.00. The summed E-state index contributed by atoms with van der Waals surface area (Å²) in [5, 5.41) is 11.7. The van der Waals surface area contributed by atoms with Gasteiger partial charge in [-0.05, 0) is 24.3 Å². The number of carbonyl (C=O) groups excluding carboxylic acids is 1. The number of amides is 1. The molecule has 2 aromatic rings. The van der Waals surface area contributed by atoms with Crippen LogP contribution in [0.1, 0.15) is 16.1 Å². The number of benzene rings is 1. The van der Waals surface area contributed by atoms with Crippen molar-refractivity contribution < 1.29 is 9.53 Å².